The van der Waals surface area contributed by atoms with Gasteiger partial charge < -0.3 is 9.64 Å². The summed E-state index contributed by atoms with van der Waals surface area (Å²) in [5.41, 5.74) is 1.09. The minimum absolute atomic E-state index is 0.146. The molecule has 0 saturated carbocycles. The van der Waals surface area contributed by atoms with Crippen molar-refractivity contribution >= 4 is 5.82 Å². The van der Waals surface area contributed by atoms with E-state index in [1.54, 1.807) is 12.1 Å². The highest BCUT2D eigenvalue weighted by molar-refractivity contribution is 5.39. The number of nitrogens with zero attached hydrogens (tertiary/aromatic N) is 2. The second kappa shape index (κ2) is 6.37. The van der Waals surface area contributed by atoms with Crippen molar-refractivity contribution in [2.75, 3.05) is 11.9 Å². The minimum Gasteiger partial charge on any atom is -0.491 e. The van der Waals surface area contributed by atoms with Gasteiger partial charge in [-0.05, 0) is 43.7 Å². The lowest BCUT2D eigenvalue weighted by molar-refractivity contribution is 0.242. The van der Waals surface area contributed by atoms with E-state index in [4.69, 9.17) is 4.74 Å². The average molecular weight is 274 g/mol. The summed E-state index contributed by atoms with van der Waals surface area (Å²) in [4.78, 5) is 5.77. The Balaban J connectivity index is 2.09. The van der Waals surface area contributed by atoms with Gasteiger partial charge in [-0.1, -0.05) is 18.2 Å². The summed E-state index contributed by atoms with van der Waals surface area (Å²) in [7, 11) is 1.89. The highest BCUT2D eigenvalue weighted by atomic mass is 19.1. The van der Waals surface area contributed by atoms with Gasteiger partial charge in [-0.2, -0.15) is 4.39 Å². The van der Waals surface area contributed by atoms with Gasteiger partial charge in [-0.3, -0.25) is 0 Å². The number of benzene rings is 1. The number of hydrogen-bond acceptors (Lipinski definition) is 3. The van der Waals surface area contributed by atoms with Gasteiger partial charge in [0, 0.05) is 13.6 Å². The first kappa shape index (κ1) is 14.3. The first-order chi connectivity index (χ1) is 9.54. The minimum atomic E-state index is -0.466. The highest BCUT2D eigenvalue weighted by Crippen LogP contribution is 2.18. The molecule has 0 aliphatic heterocycles. The molecule has 0 fully saturated rings. The van der Waals surface area contributed by atoms with Gasteiger partial charge in [-0.25, -0.2) is 4.98 Å². The summed E-state index contributed by atoms with van der Waals surface area (Å²) >= 11 is 0. The largest absolute Gasteiger partial charge is 0.491 e. The molecule has 106 valence electrons. The molecule has 2 rings (SSSR count). The van der Waals surface area contributed by atoms with Gasteiger partial charge in [0.15, 0.2) is 0 Å². The second-order valence-corrected chi connectivity index (χ2v) is 4.99. The van der Waals surface area contributed by atoms with Crippen LogP contribution in [-0.4, -0.2) is 18.1 Å². The van der Waals surface area contributed by atoms with Gasteiger partial charge in [0.1, 0.15) is 11.6 Å². The third-order valence-electron chi connectivity index (χ3n) is 2.78. The molecular weight excluding hydrogens is 255 g/mol. The van der Waals surface area contributed by atoms with Crippen LogP contribution < -0.4 is 9.64 Å². The van der Waals surface area contributed by atoms with E-state index in [1.807, 2.05) is 50.1 Å². The number of aromatic nitrogens is 1. The fourth-order valence-electron chi connectivity index (χ4n) is 1.95. The van der Waals surface area contributed by atoms with Crippen LogP contribution >= 0.6 is 0 Å². The van der Waals surface area contributed by atoms with Crippen molar-refractivity contribution in [1.29, 1.82) is 0 Å². The monoisotopic (exact) mass is 274 g/mol. The molecule has 0 unspecified atom stereocenters. The molecule has 0 saturated heterocycles. The molecule has 0 atom stereocenters. The van der Waals surface area contributed by atoms with Crippen molar-refractivity contribution in [3.8, 4) is 5.75 Å². The fraction of sp³-hybridized carbons (Fsp3) is 0.312. The van der Waals surface area contributed by atoms with Crippen molar-refractivity contribution in [3.63, 3.8) is 0 Å². The maximum absolute atomic E-state index is 13.1. The van der Waals surface area contributed by atoms with E-state index in [-0.39, 0.29) is 6.10 Å². The first-order valence-electron chi connectivity index (χ1n) is 6.64. The van der Waals surface area contributed by atoms with Gasteiger partial charge in [0.05, 0.1) is 6.10 Å². The van der Waals surface area contributed by atoms with Gasteiger partial charge >= 0.3 is 0 Å². The zero-order valence-corrected chi connectivity index (χ0v) is 12.0. The van der Waals surface area contributed by atoms with Crippen LogP contribution in [0.5, 0.6) is 5.75 Å². The predicted octanol–water partition coefficient (Wildman–Crippen LogP) is 3.64. The quantitative estimate of drug-likeness (QED) is 0.778. The number of rotatable bonds is 5. The van der Waals surface area contributed by atoms with E-state index in [9.17, 15) is 4.39 Å². The number of ether oxygens (including phenoxy) is 1. The van der Waals surface area contributed by atoms with Crippen LogP contribution in [0, 0.1) is 5.95 Å². The molecule has 3 nitrogen and oxygen atoms in total. The topological polar surface area (TPSA) is 25.4 Å². The Kier molecular flexibility index (Phi) is 4.56. The zero-order valence-electron chi connectivity index (χ0n) is 12.0. The van der Waals surface area contributed by atoms with Gasteiger partial charge in [-0.15, -0.1) is 0 Å². The van der Waals surface area contributed by atoms with Crippen molar-refractivity contribution in [3.05, 3.63) is 54.0 Å². The van der Waals surface area contributed by atoms with Crippen molar-refractivity contribution < 1.29 is 9.13 Å². The Hall–Kier alpha value is -2.10. The molecule has 1 aromatic heterocycles. The van der Waals surface area contributed by atoms with Gasteiger partial charge in [0.2, 0.25) is 5.95 Å². The van der Waals surface area contributed by atoms with Crippen LogP contribution in [0.2, 0.25) is 0 Å². The average Bonchev–Trinajstić information content (AvgIpc) is 2.38. The first-order valence-corrected chi connectivity index (χ1v) is 6.64. The maximum Gasteiger partial charge on any atom is 0.214 e. The molecule has 4 heteroatoms. The lowest BCUT2D eigenvalue weighted by Crippen LogP contribution is -2.18. The van der Waals surface area contributed by atoms with E-state index in [2.05, 4.69) is 4.98 Å². The molecule has 0 bridgehead atoms. The van der Waals surface area contributed by atoms with Crippen LogP contribution in [0.1, 0.15) is 19.4 Å². The highest BCUT2D eigenvalue weighted by Gasteiger charge is 2.06. The molecule has 0 spiro atoms. The standard InChI is InChI=1S/C16H19FN2O/c1-12(2)20-14-7-4-6-13(10-14)11-19(3)16-9-5-8-15(17)18-16/h4-10,12H,11H2,1-3H3. The van der Waals surface area contributed by atoms with Gasteiger partial charge in [0.25, 0.3) is 0 Å². The molecule has 0 radical (unpaired) electrons. The zero-order chi connectivity index (χ0) is 14.5. The van der Waals surface area contributed by atoms with Crippen LogP contribution in [0.4, 0.5) is 10.2 Å². The molecule has 20 heavy (non-hydrogen) atoms. The summed E-state index contributed by atoms with van der Waals surface area (Å²) in [5, 5.41) is 0. The van der Waals surface area contributed by atoms with Crippen molar-refractivity contribution in [2.45, 2.75) is 26.5 Å². The SMILES string of the molecule is CC(C)Oc1cccc(CN(C)c2cccc(F)n2)c1. The van der Waals surface area contributed by atoms with E-state index in [0.29, 0.717) is 12.4 Å². The summed E-state index contributed by atoms with van der Waals surface area (Å²) in [6, 6.07) is 12.7. The van der Waals surface area contributed by atoms with E-state index >= 15 is 0 Å². The molecule has 1 aromatic carbocycles. The lowest BCUT2D eigenvalue weighted by Gasteiger charge is -2.19. The van der Waals surface area contributed by atoms with E-state index in [0.717, 1.165) is 11.3 Å². The van der Waals surface area contributed by atoms with E-state index < -0.39 is 5.95 Å². The van der Waals surface area contributed by atoms with Crippen LogP contribution in [-0.2, 0) is 6.54 Å². The molecule has 2 aromatic rings. The number of hydrogen-bond donors (Lipinski definition) is 0. The summed E-state index contributed by atoms with van der Waals surface area (Å²) in [6.45, 7) is 4.64. The molecule has 0 aliphatic rings. The van der Waals surface area contributed by atoms with Crippen LogP contribution in [0.3, 0.4) is 0 Å². The summed E-state index contributed by atoms with van der Waals surface area (Å²) in [6.07, 6.45) is 0.146. The predicted molar refractivity (Wildman–Crippen MR) is 78.5 cm³/mol. The fourth-order valence-corrected chi connectivity index (χ4v) is 1.95. The molecular formula is C16H19FN2O. The smallest absolute Gasteiger partial charge is 0.214 e. The second-order valence-electron chi connectivity index (χ2n) is 4.99. The lowest BCUT2D eigenvalue weighted by atomic mass is 10.2. The number of pyridine rings is 1. The summed E-state index contributed by atoms with van der Waals surface area (Å²) < 4.78 is 18.8. The van der Waals surface area contributed by atoms with Crippen LogP contribution in [0.15, 0.2) is 42.5 Å². The van der Waals surface area contributed by atoms with Crippen molar-refractivity contribution in [2.24, 2.45) is 0 Å². The van der Waals surface area contributed by atoms with Crippen molar-refractivity contribution in [1.82, 2.24) is 4.98 Å². The number of halogens is 1. The Morgan fingerprint density at radius 2 is 1.95 bits per heavy atom. The maximum atomic E-state index is 13.1. The normalized spacial score (nSPS) is 10.7. The number of anilines is 1. The molecule has 1 heterocycles. The third kappa shape index (κ3) is 3.95. The molecule has 0 amide bonds. The Morgan fingerprint density at radius 1 is 1.20 bits per heavy atom. The Bertz CT molecular complexity index is 572. The van der Waals surface area contributed by atoms with Crippen LogP contribution in [0.25, 0.3) is 0 Å². The third-order valence-corrected chi connectivity index (χ3v) is 2.78. The molecule has 0 aliphatic carbocycles. The molecule has 0 N–H and O–H groups in total. The summed E-state index contributed by atoms with van der Waals surface area (Å²) in [5.74, 6) is 0.990. The Labute approximate surface area is 119 Å². The Morgan fingerprint density at radius 3 is 2.65 bits per heavy atom. The van der Waals surface area contributed by atoms with E-state index in [1.165, 1.54) is 6.07 Å².